The van der Waals surface area contributed by atoms with Crippen LogP contribution in [0.4, 0.5) is 0 Å². The molecule has 0 fully saturated rings. The van der Waals surface area contributed by atoms with Gasteiger partial charge in [-0.05, 0) is 46.7 Å². The molecule has 0 amide bonds. The molecule has 22 heavy (non-hydrogen) atoms. The van der Waals surface area contributed by atoms with Crippen LogP contribution in [0.5, 0.6) is 0 Å². The summed E-state index contributed by atoms with van der Waals surface area (Å²) < 4.78 is 0. The molecule has 2 N–H and O–H groups in total. The van der Waals surface area contributed by atoms with E-state index in [1.165, 1.54) is 11.1 Å². The van der Waals surface area contributed by atoms with Crippen LogP contribution in [0.2, 0.25) is 0 Å². The molecular weight excluding hydrogens is 290 g/mol. The van der Waals surface area contributed by atoms with Crippen molar-refractivity contribution in [3.05, 3.63) is 58.3 Å². The standard InChI is InChI=1S/C18H25N3S/c1-15(17-10-12-22-14-17)13-21-18(19-2)20-11-6-9-16-7-4-3-5-8-16/h3-5,7-8,10,12,14-15H,6,9,11,13H2,1-2H3,(H2,19,20,21). The van der Waals surface area contributed by atoms with Crippen LogP contribution in [-0.4, -0.2) is 26.1 Å². The van der Waals surface area contributed by atoms with E-state index >= 15 is 0 Å². The first-order valence-corrected chi connectivity index (χ1v) is 8.74. The monoisotopic (exact) mass is 315 g/mol. The number of benzene rings is 1. The molecule has 0 spiro atoms. The summed E-state index contributed by atoms with van der Waals surface area (Å²) in [6, 6.07) is 12.8. The van der Waals surface area contributed by atoms with E-state index in [1.807, 2.05) is 7.05 Å². The third-order valence-corrected chi connectivity index (χ3v) is 4.39. The summed E-state index contributed by atoms with van der Waals surface area (Å²) in [4.78, 5) is 4.28. The SMILES string of the molecule is CN=C(NCCCc1ccccc1)NCC(C)c1ccsc1. The highest BCUT2D eigenvalue weighted by molar-refractivity contribution is 7.07. The molecule has 4 heteroatoms. The number of aliphatic imine (C=N–C) groups is 1. The lowest BCUT2D eigenvalue weighted by Gasteiger charge is -2.15. The van der Waals surface area contributed by atoms with Gasteiger partial charge in [0, 0.05) is 20.1 Å². The molecule has 1 atom stereocenters. The smallest absolute Gasteiger partial charge is 0.190 e. The summed E-state index contributed by atoms with van der Waals surface area (Å²) in [5.74, 6) is 1.38. The average molecular weight is 315 g/mol. The fourth-order valence-electron chi connectivity index (χ4n) is 2.29. The highest BCUT2D eigenvalue weighted by Crippen LogP contribution is 2.16. The van der Waals surface area contributed by atoms with Gasteiger partial charge in [-0.3, -0.25) is 4.99 Å². The van der Waals surface area contributed by atoms with Crippen molar-refractivity contribution >= 4 is 17.3 Å². The summed E-state index contributed by atoms with van der Waals surface area (Å²) in [7, 11) is 1.82. The van der Waals surface area contributed by atoms with Gasteiger partial charge in [-0.2, -0.15) is 11.3 Å². The molecule has 1 aromatic heterocycles. The number of thiophene rings is 1. The van der Waals surface area contributed by atoms with Gasteiger partial charge in [0.15, 0.2) is 5.96 Å². The average Bonchev–Trinajstić information content (AvgIpc) is 3.09. The fraction of sp³-hybridized carbons (Fsp3) is 0.389. The van der Waals surface area contributed by atoms with E-state index < -0.39 is 0 Å². The zero-order chi connectivity index (χ0) is 15.6. The van der Waals surface area contributed by atoms with Gasteiger partial charge in [-0.15, -0.1) is 0 Å². The first-order chi connectivity index (χ1) is 10.8. The first kappa shape index (κ1) is 16.6. The van der Waals surface area contributed by atoms with E-state index in [9.17, 15) is 0 Å². The Kier molecular flexibility index (Phi) is 6.97. The highest BCUT2D eigenvalue weighted by Gasteiger charge is 2.06. The predicted molar refractivity (Wildman–Crippen MR) is 96.9 cm³/mol. The maximum atomic E-state index is 4.28. The molecule has 118 valence electrons. The van der Waals surface area contributed by atoms with Gasteiger partial charge in [0.25, 0.3) is 0 Å². The number of aryl methyl sites for hydroxylation is 1. The van der Waals surface area contributed by atoms with Gasteiger partial charge in [0.05, 0.1) is 0 Å². The van der Waals surface area contributed by atoms with Crippen molar-refractivity contribution in [3.63, 3.8) is 0 Å². The first-order valence-electron chi connectivity index (χ1n) is 7.80. The minimum absolute atomic E-state index is 0.495. The van der Waals surface area contributed by atoms with Crippen LogP contribution < -0.4 is 10.6 Å². The lowest BCUT2D eigenvalue weighted by atomic mass is 10.1. The zero-order valence-electron chi connectivity index (χ0n) is 13.4. The van der Waals surface area contributed by atoms with E-state index in [4.69, 9.17) is 0 Å². The van der Waals surface area contributed by atoms with Gasteiger partial charge in [0.2, 0.25) is 0 Å². The van der Waals surface area contributed by atoms with Gasteiger partial charge in [0.1, 0.15) is 0 Å². The molecule has 2 rings (SSSR count). The molecule has 1 aromatic carbocycles. The molecule has 0 aliphatic heterocycles. The number of hydrogen-bond donors (Lipinski definition) is 2. The lowest BCUT2D eigenvalue weighted by Crippen LogP contribution is -2.39. The summed E-state index contributed by atoms with van der Waals surface area (Å²) in [5, 5.41) is 11.1. The number of hydrogen-bond acceptors (Lipinski definition) is 2. The van der Waals surface area contributed by atoms with Crippen molar-refractivity contribution in [2.45, 2.75) is 25.7 Å². The lowest BCUT2D eigenvalue weighted by molar-refractivity contribution is 0.690. The van der Waals surface area contributed by atoms with Crippen LogP contribution in [0.1, 0.15) is 30.4 Å². The highest BCUT2D eigenvalue weighted by atomic mass is 32.1. The molecule has 0 aliphatic rings. The Hall–Kier alpha value is -1.81. The van der Waals surface area contributed by atoms with Crippen LogP contribution >= 0.6 is 11.3 Å². The maximum absolute atomic E-state index is 4.28. The number of guanidine groups is 1. The summed E-state index contributed by atoms with van der Waals surface area (Å²) in [6.07, 6.45) is 2.20. The van der Waals surface area contributed by atoms with Crippen LogP contribution in [-0.2, 0) is 6.42 Å². The van der Waals surface area contributed by atoms with Crippen molar-refractivity contribution in [3.8, 4) is 0 Å². The fourth-order valence-corrected chi connectivity index (χ4v) is 3.07. The number of nitrogens with one attached hydrogen (secondary N) is 2. The third-order valence-electron chi connectivity index (χ3n) is 3.69. The third kappa shape index (κ3) is 5.53. The van der Waals surface area contributed by atoms with Crippen LogP contribution in [0.15, 0.2) is 52.2 Å². The Morgan fingerprint density at radius 3 is 2.68 bits per heavy atom. The summed E-state index contributed by atoms with van der Waals surface area (Å²) in [5.41, 5.74) is 2.77. The molecule has 2 aromatic rings. The van der Waals surface area contributed by atoms with E-state index in [2.05, 4.69) is 69.7 Å². The van der Waals surface area contributed by atoms with Gasteiger partial charge < -0.3 is 10.6 Å². The van der Waals surface area contributed by atoms with Gasteiger partial charge in [-0.1, -0.05) is 37.3 Å². The second kappa shape index (κ2) is 9.26. The van der Waals surface area contributed by atoms with Crippen molar-refractivity contribution < 1.29 is 0 Å². The Morgan fingerprint density at radius 2 is 2.00 bits per heavy atom. The second-order valence-corrected chi connectivity index (χ2v) is 6.21. The van der Waals surface area contributed by atoms with Crippen molar-refractivity contribution in [1.82, 2.24) is 10.6 Å². The number of rotatable bonds is 7. The molecule has 1 heterocycles. The van der Waals surface area contributed by atoms with Crippen molar-refractivity contribution in [2.75, 3.05) is 20.1 Å². The topological polar surface area (TPSA) is 36.4 Å². The van der Waals surface area contributed by atoms with E-state index in [-0.39, 0.29) is 0 Å². The van der Waals surface area contributed by atoms with Crippen LogP contribution in [0.25, 0.3) is 0 Å². The molecule has 0 aliphatic carbocycles. The van der Waals surface area contributed by atoms with E-state index in [0.29, 0.717) is 5.92 Å². The zero-order valence-corrected chi connectivity index (χ0v) is 14.2. The normalized spacial score (nSPS) is 12.9. The van der Waals surface area contributed by atoms with Gasteiger partial charge >= 0.3 is 0 Å². The van der Waals surface area contributed by atoms with E-state index in [1.54, 1.807) is 11.3 Å². The van der Waals surface area contributed by atoms with Crippen molar-refractivity contribution in [1.29, 1.82) is 0 Å². The molecule has 0 saturated heterocycles. The molecule has 0 bridgehead atoms. The minimum atomic E-state index is 0.495. The molecule has 0 radical (unpaired) electrons. The quantitative estimate of drug-likeness (QED) is 0.465. The minimum Gasteiger partial charge on any atom is -0.356 e. The Morgan fingerprint density at radius 1 is 1.18 bits per heavy atom. The van der Waals surface area contributed by atoms with Crippen molar-refractivity contribution in [2.24, 2.45) is 4.99 Å². The molecule has 0 saturated carbocycles. The number of nitrogens with zero attached hydrogens (tertiary/aromatic N) is 1. The van der Waals surface area contributed by atoms with Crippen LogP contribution in [0.3, 0.4) is 0 Å². The predicted octanol–water partition coefficient (Wildman–Crippen LogP) is 3.65. The molecule has 3 nitrogen and oxygen atoms in total. The summed E-state index contributed by atoms with van der Waals surface area (Å²) in [6.45, 7) is 4.06. The van der Waals surface area contributed by atoms with Gasteiger partial charge in [-0.25, -0.2) is 0 Å². The summed E-state index contributed by atoms with van der Waals surface area (Å²) >= 11 is 1.75. The molecular formula is C18H25N3S. The molecule has 1 unspecified atom stereocenters. The Bertz CT molecular complexity index is 549. The van der Waals surface area contributed by atoms with Crippen LogP contribution in [0, 0.1) is 0 Å². The Labute approximate surface area is 137 Å². The van der Waals surface area contributed by atoms with E-state index in [0.717, 1.165) is 31.9 Å². The largest absolute Gasteiger partial charge is 0.356 e. The Balaban J connectivity index is 1.65. The maximum Gasteiger partial charge on any atom is 0.190 e. The second-order valence-electron chi connectivity index (χ2n) is 5.43.